The van der Waals surface area contributed by atoms with Gasteiger partial charge in [0.25, 0.3) is 11.8 Å². The Morgan fingerprint density at radius 1 is 1.36 bits per heavy atom. The van der Waals surface area contributed by atoms with Crippen molar-refractivity contribution in [2.75, 3.05) is 26.7 Å². The molecule has 1 aromatic rings. The van der Waals surface area contributed by atoms with Gasteiger partial charge in [0.15, 0.2) is 0 Å². The molecule has 1 aromatic heterocycles. The largest absolute Gasteiger partial charge is 0.375 e. The monoisotopic (exact) mass is 305 g/mol. The second-order valence-corrected chi connectivity index (χ2v) is 6.51. The maximum Gasteiger partial charge on any atom is 0.269 e. The Labute approximate surface area is 130 Å². The third-order valence-electron chi connectivity index (χ3n) is 3.47. The van der Waals surface area contributed by atoms with Crippen molar-refractivity contribution in [1.29, 1.82) is 0 Å². The van der Waals surface area contributed by atoms with Gasteiger partial charge in [-0.15, -0.1) is 0 Å². The molecule has 2 amide bonds. The zero-order valence-electron chi connectivity index (χ0n) is 13.5. The number of carbonyl (C=O) groups is 2. The van der Waals surface area contributed by atoms with E-state index in [0.29, 0.717) is 36.9 Å². The third-order valence-corrected chi connectivity index (χ3v) is 3.47. The van der Waals surface area contributed by atoms with Crippen molar-refractivity contribution >= 4 is 11.8 Å². The zero-order valence-corrected chi connectivity index (χ0v) is 13.5. The lowest BCUT2D eigenvalue weighted by molar-refractivity contribution is -0.0501. The second-order valence-electron chi connectivity index (χ2n) is 6.51. The van der Waals surface area contributed by atoms with Gasteiger partial charge in [0, 0.05) is 32.3 Å². The average Bonchev–Trinajstić information content (AvgIpc) is 2.43. The zero-order chi connectivity index (χ0) is 16.3. The number of pyridine rings is 1. The standard InChI is InChI=1S/C16H23N3O3/c1-16(2,3)22-10-11-8-19(9-11)15(21)12-5-6-13(18-7-12)14(20)17-4/h5-7,11H,8-10H2,1-4H3,(H,17,20). The molecule has 0 atom stereocenters. The fourth-order valence-electron chi connectivity index (χ4n) is 2.17. The van der Waals surface area contributed by atoms with Crippen LogP contribution < -0.4 is 5.32 Å². The summed E-state index contributed by atoms with van der Waals surface area (Å²) in [6, 6.07) is 3.20. The Balaban J connectivity index is 1.85. The molecule has 6 nitrogen and oxygen atoms in total. The first-order chi connectivity index (χ1) is 10.3. The highest BCUT2D eigenvalue weighted by molar-refractivity contribution is 5.96. The van der Waals surface area contributed by atoms with Crippen molar-refractivity contribution in [3.05, 3.63) is 29.6 Å². The Bertz CT molecular complexity index is 543. The van der Waals surface area contributed by atoms with Gasteiger partial charge < -0.3 is 15.0 Å². The molecular formula is C16H23N3O3. The summed E-state index contributed by atoms with van der Waals surface area (Å²) < 4.78 is 5.73. The van der Waals surface area contributed by atoms with Crippen LogP contribution in [-0.4, -0.2) is 54.0 Å². The minimum Gasteiger partial charge on any atom is -0.375 e. The van der Waals surface area contributed by atoms with Crippen molar-refractivity contribution in [1.82, 2.24) is 15.2 Å². The number of ether oxygens (including phenoxy) is 1. The molecule has 0 spiro atoms. The van der Waals surface area contributed by atoms with E-state index in [1.54, 1.807) is 24.1 Å². The van der Waals surface area contributed by atoms with Crippen molar-refractivity contribution < 1.29 is 14.3 Å². The third kappa shape index (κ3) is 4.04. The van der Waals surface area contributed by atoms with Gasteiger partial charge >= 0.3 is 0 Å². The van der Waals surface area contributed by atoms with Crippen LogP contribution >= 0.6 is 0 Å². The Kier molecular flexibility index (Phi) is 4.81. The number of aromatic nitrogens is 1. The molecule has 0 aliphatic carbocycles. The molecule has 1 fully saturated rings. The summed E-state index contributed by atoms with van der Waals surface area (Å²) in [6.45, 7) is 8.14. The number of nitrogens with one attached hydrogen (secondary N) is 1. The molecule has 2 rings (SSSR count). The van der Waals surface area contributed by atoms with Crippen LogP contribution in [-0.2, 0) is 4.74 Å². The van der Waals surface area contributed by atoms with E-state index in [0.717, 1.165) is 0 Å². The fourth-order valence-corrected chi connectivity index (χ4v) is 2.17. The lowest BCUT2D eigenvalue weighted by atomic mass is 9.99. The number of hydrogen-bond acceptors (Lipinski definition) is 4. The number of likely N-dealkylation sites (tertiary alicyclic amines) is 1. The molecule has 1 saturated heterocycles. The molecule has 1 aliphatic heterocycles. The van der Waals surface area contributed by atoms with Gasteiger partial charge in [-0.25, -0.2) is 0 Å². The first-order valence-electron chi connectivity index (χ1n) is 7.41. The Morgan fingerprint density at radius 2 is 2.05 bits per heavy atom. The molecule has 2 heterocycles. The van der Waals surface area contributed by atoms with E-state index in [1.165, 1.54) is 6.20 Å². The molecule has 0 unspecified atom stereocenters. The fraction of sp³-hybridized carbons (Fsp3) is 0.562. The molecule has 0 aromatic carbocycles. The van der Waals surface area contributed by atoms with E-state index in [1.807, 2.05) is 20.8 Å². The highest BCUT2D eigenvalue weighted by Gasteiger charge is 2.32. The highest BCUT2D eigenvalue weighted by Crippen LogP contribution is 2.21. The topological polar surface area (TPSA) is 71.5 Å². The van der Waals surface area contributed by atoms with Gasteiger partial charge in [-0.3, -0.25) is 14.6 Å². The molecule has 0 bridgehead atoms. The van der Waals surface area contributed by atoms with Crippen molar-refractivity contribution in [3.63, 3.8) is 0 Å². The molecule has 6 heteroatoms. The van der Waals surface area contributed by atoms with Gasteiger partial charge in [0.1, 0.15) is 5.69 Å². The predicted octanol–water partition coefficient (Wildman–Crippen LogP) is 1.33. The van der Waals surface area contributed by atoms with E-state index in [4.69, 9.17) is 4.74 Å². The maximum atomic E-state index is 12.3. The van der Waals surface area contributed by atoms with Crippen LogP contribution in [0.1, 0.15) is 41.6 Å². The van der Waals surface area contributed by atoms with Gasteiger partial charge in [-0.2, -0.15) is 0 Å². The molecule has 1 N–H and O–H groups in total. The molecule has 0 radical (unpaired) electrons. The molecule has 120 valence electrons. The number of rotatable bonds is 4. The summed E-state index contributed by atoms with van der Waals surface area (Å²) >= 11 is 0. The van der Waals surface area contributed by atoms with E-state index < -0.39 is 0 Å². The van der Waals surface area contributed by atoms with E-state index in [2.05, 4.69) is 10.3 Å². The quantitative estimate of drug-likeness (QED) is 0.911. The van der Waals surface area contributed by atoms with Crippen LogP contribution in [0.25, 0.3) is 0 Å². The van der Waals surface area contributed by atoms with Crippen molar-refractivity contribution in [2.45, 2.75) is 26.4 Å². The van der Waals surface area contributed by atoms with Gasteiger partial charge in [-0.1, -0.05) is 0 Å². The van der Waals surface area contributed by atoms with E-state index in [9.17, 15) is 9.59 Å². The van der Waals surface area contributed by atoms with Gasteiger partial charge in [0.2, 0.25) is 0 Å². The molecule has 22 heavy (non-hydrogen) atoms. The first kappa shape index (κ1) is 16.4. The summed E-state index contributed by atoms with van der Waals surface area (Å²) in [5, 5.41) is 2.50. The van der Waals surface area contributed by atoms with Crippen LogP contribution in [0.4, 0.5) is 0 Å². The van der Waals surface area contributed by atoms with Crippen LogP contribution in [0.5, 0.6) is 0 Å². The lowest BCUT2D eigenvalue weighted by Crippen LogP contribution is -2.52. The average molecular weight is 305 g/mol. The summed E-state index contributed by atoms with van der Waals surface area (Å²) in [5.41, 5.74) is 0.659. The molecule has 1 aliphatic rings. The second kappa shape index (κ2) is 6.44. The van der Waals surface area contributed by atoms with Gasteiger partial charge in [-0.05, 0) is 32.9 Å². The normalized spacial score (nSPS) is 15.4. The minimum atomic E-state index is -0.262. The van der Waals surface area contributed by atoms with E-state index >= 15 is 0 Å². The first-order valence-corrected chi connectivity index (χ1v) is 7.41. The molecular weight excluding hydrogens is 282 g/mol. The highest BCUT2D eigenvalue weighted by atomic mass is 16.5. The Morgan fingerprint density at radius 3 is 2.55 bits per heavy atom. The van der Waals surface area contributed by atoms with Crippen LogP contribution in [0.2, 0.25) is 0 Å². The predicted molar refractivity (Wildman–Crippen MR) is 82.7 cm³/mol. The lowest BCUT2D eigenvalue weighted by Gasteiger charge is -2.40. The summed E-state index contributed by atoms with van der Waals surface area (Å²) in [4.78, 5) is 29.5. The SMILES string of the molecule is CNC(=O)c1ccc(C(=O)N2CC(COC(C)(C)C)C2)cn1. The maximum absolute atomic E-state index is 12.3. The summed E-state index contributed by atoms with van der Waals surface area (Å²) in [6.07, 6.45) is 1.45. The number of amides is 2. The smallest absolute Gasteiger partial charge is 0.269 e. The summed E-state index contributed by atoms with van der Waals surface area (Å²) in [5.74, 6) is 0.0755. The van der Waals surface area contributed by atoms with Crippen molar-refractivity contribution in [3.8, 4) is 0 Å². The van der Waals surface area contributed by atoms with Crippen LogP contribution in [0.15, 0.2) is 18.3 Å². The molecule has 0 saturated carbocycles. The van der Waals surface area contributed by atoms with Crippen LogP contribution in [0.3, 0.4) is 0 Å². The Hall–Kier alpha value is -1.95. The van der Waals surface area contributed by atoms with E-state index in [-0.39, 0.29) is 17.4 Å². The summed E-state index contributed by atoms with van der Waals surface area (Å²) in [7, 11) is 1.54. The van der Waals surface area contributed by atoms with Crippen LogP contribution in [0, 0.1) is 5.92 Å². The number of nitrogens with zero attached hydrogens (tertiary/aromatic N) is 2. The number of carbonyl (C=O) groups excluding carboxylic acids is 2. The van der Waals surface area contributed by atoms with Crippen molar-refractivity contribution in [2.24, 2.45) is 5.92 Å². The number of hydrogen-bond donors (Lipinski definition) is 1. The van der Waals surface area contributed by atoms with Gasteiger partial charge in [0.05, 0.1) is 17.8 Å². The minimum absolute atomic E-state index is 0.0528.